The zero-order chi connectivity index (χ0) is 22.2. The molecule has 1 fully saturated rings. The van der Waals surface area contributed by atoms with Crippen LogP contribution in [0.15, 0.2) is 36.6 Å². The quantitative estimate of drug-likeness (QED) is 0.155. The van der Waals surface area contributed by atoms with Crippen LogP contribution >= 0.6 is 0 Å². The molecular weight excluding hydrogens is 390 g/mol. The number of carbonyl (C=O) groups is 2. The molecule has 1 aromatic rings. The highest BCUT2D eigenvalue weighted by atomic mass is 16.5. The molecule has 0 radical (unpaired) electrons. The van der Waals surface area contributed by atoms with Crippen LogP contribution in [0.3, 0.4) is 0 Å². The lowest BCUT2D eigenvalue weighted by Crippen LogP contribution is -2.05. The SMILES string of the molecule is CCOC(=O)C=COC(=O)c1ccc(NCCCCCCCCC2CCCCC2)cc1. The smallest absolute Gasteiger partial charge is 0.342 e. The number of hydrogen-bond acceptors (Lipinski definition) is 5. The molecule has 1 saturated carbocycles. The van der Waals surface area contributed by atoms with Crippen molar-refractivity contribution in [1.29, 1.82) is 0 Å². The first kappa shape index (κ1) is 25.0. The summed E-state index contributed by atoms with van der Waals surface area (Å²) >= 11 is 0. The van der Waals surface area contributed by atoms with Crippen LogP contribution in [-0.4, -0.2) is 25.1 Å². The fourth-order valence-electron chi connectivity index (χ4n) is 4.11. The second-order valence-electron chi connectivity index (χ2n) is 8.38. The van der Waals surface area contributed by atoms with Gasteiger partial charge in [0.1, 0.15) is 6.26 Å². The van der Waals surface area contributed by atoms with E-state index in [1.165, 1.54) is 70.6 Å². The van der Waals surface area contributed by atoms with Crippen LogP contribution in [0.5, 0.6) is 0 Å². The van der Waals surface area contributed by atoms with Crippen molar-refractivity contribution in [3.8, 4) is 0 Å². The topological polar surface area (TPSA) is 64.6 Å². The Labute approximate surface area is 187 Å². The first-order valence-corrected chi connectivity index (χ1v) is 12.1. The molecule has 0 saturated heterocycles. The molecule has 0 aromatic heterocycles. The van der Waals surface area contributed by atoms with Gasteiger partial charge in [0.25, 0.3) is 0 Å². The summed E-state index contributed by atoms with van der Waals surface area (Å²) in [6.45, 7) is 2.94. The Kier molecular flexibility index (Phi) is 12.5. The van der Waals surface area contributed by atoms with E-state index in [1.807, 2.05) is 12.1 Å². The summed E-state index contributed by atoms with van der Waals surface area (Å²) in [6, 6.07) is 7.18. The van der Waals surface area contributed by atoms with E-state index in [1.54, 1.807) is 19.1 Å². The van der Waals surface area contributed by atoms with E-state index in [0.717, 1.165) is 36.9 Å². The van der Waals surface area contributed by atoms with Gasteiger partial charge in [0.05, 0.1) is 18.2 Å². The van der Waals surface area contributed by atoms with Crippen LogP contribution in [0.4, 0.5) is 5.69 Å². The number of rotatable bonds is 14. The summed E-state index contributed by atoms with van der Waals surface area (Å²) in [6.07, 6.45) is 18.8. The van der Waals surface area contributed by atoms with Gasteiger partial charge in [-0.05, 0) is 43.5 Å². The summed E-state index contributed by atoms with van der Waals surface area (Å²) in [5, 5.41) is 3.40. The number of nitrogens with one attached hydrogen (secondary N) is 1. The number of ether oxygens (including phenoxy) is 2. The molecule has 1 aliphatic rings. The van der Waals surface area contributed by atoms with Crippen molar-refractivity contribution in [2.75, 3.05) is 18.5 Å². The predicted molar refractivity (Wildman–Crippen MR) is 125 cm³/mol. The molecule has 0 aliphatic heterocycles. The number of carbonyl (C=O) groups excluding carboxylic acids is 2. The lowest BCUT2D eigenvalue weighted by molar-refractivity contribution is -0.137. The van der Waals surface area contributed by atoms with Crippen LogP contribution in [-0.2, 0) is 14.3 Å². The van der Waals surface area contributed by atoms with Gasteiger partial charge in [-0.1, -0.05) is 70.6 Å². The second-order valence-corrected chi connectivity index (χ2v) is 8.38. The minimum Gasteiger partial charge on any atom is -0.463 e. The summed E-state index contributed by atoms with van der Waals surface area (Å²) in [5.41, 5.74) is 1.43. The largest absolute Gasteiger partial charge is 0.463 e. The van der Waals surface area contributed by atoms with E-state index in [2.05, 4.69) is 5.32 Å². The van der Waals surface area contributed by atoms with Gasteiger partial charge in [-0.25, -0.2) is 9.59 Å². The van der Waals surface area contributed by atoms with E-state index in [-0.39, 0.29) is 6.61 Å². The molecule has 0 spiro atoms. The maximum absolute atomic E-state index is 11.9. The van der Waals surface area contributed by atoms with E-state index in [0.29, 0.717) is 5.56 Å². The number of benzene rings is 1. The van der Waals surface area contributed by atoms with Gasteiger partial charge in [-0.15, -0.1) is 0 Å². The highest BCUT2D eigenvalue weighted by Gasteiger charge is 2.12. The minimum atomic E-state index is -0.533. The molecule has 0 unspecified atom stereocenters. The van der Waals surface area contributed by atoms with Gasteiger partial charge in [-0.3, -0.25) is 0 Å². The molecule has 172 valence electrons. The van der Waals surface area contributed by atoms with Crippen molar-refractivity contribution in [3.63, 3.8) is 0 Å². The third-order valence-electron chi connectivity index (χ3n) is 5.88. The lowest BCUT2D eigenvalue weighted by Gasteiger charge is -2.21. The van der Waals surface area contributed by atoms with Crippen molar-refractivity contribution in [3.05, 3.63) is 42.2 Å². The fraction of sp³-hybridized carbons (Fsp3) is 0.615. The van der Waals surface area contributed by atoms with Crippen LogP contribution in [0.25, 0.3) is 0 Å². The number of hydrogen-bond donors (Lipinski definition) is 1. The molecular formula is C26H39NO4. The zero-order valence-electron chi connectivity index (χ0n) is 19.1. The van der Waals surface area contributed by atoms with Crippen molar-refractivity contribution >= 4 is 17.6 Å². The Morgan fingerprint density at radius 1 is 0.968 bits per heavy atom. The maximum Gasteiger partial charge on any atom is 0.342 e. The minimum absolute atomic E-state index is 0.284. The Hall–Kier alpha value is -2.30. The first-order chi connectivity index (χ1) is 15.2. The van der Waals surface area contributed by atoms with E-state index < -0.39 is 11.9 Å². The summed E-state index contributed by atoms with van der Waals surface area (Å²) < 4.78 is 9.65. The number of esters is 2. The van der Waals surface area contributed by atoms with Gasteiger partial charge in [0.2, 0.25) is 0 Å². The summed E-state index contributed by atoms with van der Waals surface area (Å²) in [7, 11) is 0. The van der Waals surface area contributed by atoms with Crippen molar-refractivity contribution in [2.45, 2.75) is 84.0 Å². The molecule has 5 nitrogen and oxygen atoms in total. The van der Waals surface area contributed by atoms with Crippen molar-refractivity contribution in [2.24, 2.45) is 5.92 Å². The predicted octanol–water partition coefficient (Wildman–Crippen LogP) is 6.64. The molecule has 0 bridgehead atoms. The van der Waals surface area contributed by atoms with E-state index >= 15 is 0 Å². The Bertz CT molecular complexity index is 662. The van der Waals surface area contributed by atoms with E-state index in [9.17, 15) is 9.59 Å². The molecule has 2 rings (SSSR count). The highest BCUT2D eigenvalue weighted by molar-refractivity contribution is 5.90. The zero-order valence-corrected chi connectivity index (χ0v) is 19.1. The molecule has 0 amide bonds. The average Bonchev–Trinajstić information content (AvgIpc) is 2.79. The average molecular weight is 430 g/mol. The van der Waals surface area contributed by atoms with Gasteiger partial charge in [0, 0.05) is 12.2 Å². The molecule has 1 aliphatic carbocycles. The Balaban J connectivity index is 1.49. The van der Waals surface area contributed by atoms with Crippen LogP contribution in [0.2, 0.25) is 0 Å². The van der Waals surface area contributed by atoms with Crippen molar-refractivity contribution < 1.29 is 19.1 Å². The van der Waals surface area contributed by atoms with Gasteiger partial charge < -0.3 is 14.8 Å². The fourth-order valence-corrected chi connectivity index (χ4v) is 4.11. The van der Waals surface area contributed by atoms with Crippen LogP contribution in [0.1, 0.15) is 94.3 Å². The third kappa shape index (κ3) is 11.0. The normalized spacial score (nSPS) is 14.5. The first-order valence-electron chi connectivity index (χ1n) is 12.1. The lowest BCUT2D eigenvalue weighted by atomic mass is 9.85. The molecule has 1 N–H and O–H groups in total. The molecule has 31 heavy (non-hydrogen) atoms. The van der Waals surface area contributed by atoms with Gasteiger partial charge in [-0.2, -0.15) is 0 Å². The van der Waals surface area contributed by atoms with Crippen LogP contribution in [0, 0.1) is 5.92 Å². The monoisotopic (exact) mass is 429 g/mol. The van der Waals surface area contributed by atoms with Crippen LogP contribution < -0.4 is 5.32 Å². The van der Waals surface area contributed by atoms with Gasteiger partial charge in [0.15, 0.2) is 0 Å². The Morgan fingerprint density at radius 3 is 2.35 bits per heavy atom. The molecule has 0 atom stereocenters. The van der Waals surface area contributed by atoms with E-state index in [4.69, 9.17) is 9.47 Å². The molecule has 1 aromatic carbocycles. The highest BCUT2D eigenvalue weighted by Crippen LogP contribution is 2.28. The third-order valence-corrected chi connectivity index (χ3v) is 5.88. The second kappa shape index (κ2) is 15.5. The number of anilines is 1. The maximum atomic E-state index is 11.9. The molecule has 5 heteroatoms. The summed E-state index contributed by atoms with van der Waals surface area (Å²) in [4.78, 5) is 23.1. The molecule has 0 heterocycles. The Morgan fingerprint density at radius 2 is 1.65 bits per heavy atom. The van der Waals surface area contributed by atoms with Crippen molar-refractivity contribution in [1.82, 2.24) is 0 Å². The van der Waals surface area contributed by atoms with Gasteiger partial charge >= 0.3 is 11.9 Å². The standard InChI is InChI=1S/C26H39NO4/c1-2-30-25(28)19-21-31-26(29)23-15-17-24(18-16-23)27-20-11-6-4-3-5-8-12-22-13-9-7-10-14-22/h15-19,21-22,27H,2-14,20H2,1H3. The number of unbranched alkanes of at least 4 members (excludes halogenated alkanes) is 5. The summed E-state index contributed by atoms with van der Waals surface area (Å²) in [5.74, 6) is -0.0165.